The molecule has 1 aromatic carbocycles. The molecule has 4 rings (SSSR count). The summed E-state index contributed by atoms with van der Waals surface area (Å²) in [4.78, 5) is 20.8. The maximum absolute atomic E-state index is 14.2. The molecule has 1 unspecified atom stereocenters. The number of fused-ring (bicyclic) bond motifs is 1. The normalized spacial score (nSPS) is 16.8. The van der Waals surface area contributed by atoms with Crippen molar-refractivity contribution < 1.29 is 14.1 Å². The highest BCUT2D eigenvalue weighted by Gasteiger charge is 2.49. The summed E-state index contributed by atoms with van der Waals surface area (Å²) in [6, 6.07) is 21.5. The Morgan fingerprint density at radius 1 is 0.905 bits per heavy atom. The van der Waals surface area contributed by atoms with Crippen molar-refractivity contribution in [2.75, 3.05) is 0 Å². The molecule has 1 atom stereocenters. The second kappa shape index (κ2) is 10.9. The van der Waals surface area contributed by atoms with Crippen LogP contribution in [0.2, 0.25) is 18.1 Å². The zero-order valence-corrected chi connectivity index (χ0v) is 28.0. The molecule has 1 aliphatic heterocycles. The molecule has 1 aromatic rings. The number of hydroxylamine groups is 2. The molecule has 0 saturated carbocycles. The molecular weight excluding hydrogens is 538 g/mol. The van der Waals surface area contributed by atoms with Gasteiger partial charge in [0.1, 0.15) is 17.9 Å². The van der Waals surface area contributed by atoms with Gasteiger partial charge in [0.05, 0.1) is 11.1 Å². The van der Waals surface area contributed by atoms with E-state index in [1.54, 1.807) is 0 Å². The number of rotatable bonds is 5. The molecule has 7 heteroatoms. The maximum Gasteiger partial charge on any atom is 0.256 e. The van der Waals surface area contributed by atoms with E-state index in [1.165, 1.54) is 0 Å². The number of carbonyl (C=O) groups excluding carboxylic acids is 1. The lowest BCUT2D eigenvalue weighted by atomic mass is 9.92. The van der Waals surface area contributed by atoms with Crippen LogP contribution < -0.4 is 9.74 Å². The molecule has 0 radical (unpaired) electrons. The van der Waals surface area contributed by atoms with E-state index in [2.05, 4.69) is 66.0 Å². The summed E-state index contributed by atoms with van der Waals surface area (Å²) in [5, 5.41) is 15.7. The molecule has 3 aliphatic rings. The largest absolute Gasteiger partial charge is 0.543 e. The monoisotopic (exact) mass is 583 g/mol. The number of amides is 1. The van der Waals surface area contributed by atoms with Crippen LogP contribution in [0.15, 0.2) is 66.2 Å². The van der Waals surface area contributed by atoms with Gasteiger partial charge in [0.15, 0.2) is 5.76 Å². The van der Waals surface area contributed by atoms with E-state index in [0.717, 1.165) is 22.3 Å². The van der Waals surface area contributed by atoms with Crippen molar-refractivity contribution in [2.45, 2.75) is 97.6 Å². The number of hydrogen-bond donors (Lipinski definition) is 1. The second-order valence-corrected chi connectivity index (χ2v) is 19.4. The minimum absolute atomic E-state index is 0.130. The molecule has 0 bridgehead atoms. The lowest BCUT2D eigenvalue weighted by molar-refractivity contribution is -0.157. The standard InChI is InChI=1S/C35H45N3O3Si/c1-33(2,3)37-32(39)28-25-21-17-13-16-20-24(25)27(31(28)41-42(10,11)35(7,8)9)29-26(22-36)30(23-18-14-12-15-19-23)40-38(29)34(4,5)6/h12-21,29H,1-11H3,(H,37,39). The van der Waals surface area contributed by atoms with Gasteiger partial charge in [-0.25, -0.2) is 0 Å². The Hall–Kier alpha value is -3.60. The fourth-order valence-electron chi connectivity index (χ4n) is 4.93. The molecule has 42 heavy (non-hydrogen) atoms. The van der Waals surface area contributed by atoms with Crippen LogP contribution in [0, 0.1) is 11.3 Å². The lowest BCUT2D eigenvalue weighted by Crippen LogP contribution is -2.45. The van der Waals surface area contributed by atoms with Crippen LogP contribution >= 0.6 is 0 Å². The van der Waals surface area contributed by atoms with E-state index in [4.69, 9.17) is 9.26 Å². The van der Waals surface area contributed by atoms with Crippen LogP contribution in [0.4, 0.5) is 0 Å². The lowest BCUT2D eigenvalue weighted by Gasteiger charge is -2.39. The van der Waals surface area contributed by atoms with Crippen molar-refractivity contribution in [3.63, 3.8) is 0 Å². The predicted octanol–water partition coefficient (Wildman–Crippen LogP) is 8.73. The topological polar surface area (TPSA) is 74.6 Å². The molecule has 0 spiro atoms. The van der Waals surface area contributed by atoms with Crippen LogP contribution in [0.3, 0.4) is 0 Å². The SMILES string of the molecule is CC(C)(C)NC(=O)c1c2cccccc-2c(C2C(C#N)=C(c3ccccc3)ON2C(C)(C)C)c1O[Si](C)(C)C(C)(C)C. The van der Waals surface area contributed by atoms with Crippen molar-refractivity contribution >= 4 is 20.0 Å². The Labute approximate surface area is 252 Å². The Bertz CT molecular complexity index is 1520. The van der Waals surface area contributed by atoms with E-state index in [9.17, 15) is 10.1 Å². The molecule has 1 heterocycles. The summed E-state index contributed by atoms with van der Waals surface area (Å²) < 4.78 is 7.15. The Morgan fingerprint density at radius 2 is 1.45 bits per heavy atom. The third-order valence-corrected chi connectivity index (χ3v) is 12.3. The Kier molecular flexibility index (Phi) is 8.14. The van der Waals surface area contributed by atoms with Gasteiger partial charge in [-0.05, 0) is 70.8 Å². The van der Waals surface area contributed by atoms with Crippen LogP contribution in [0.25, 0.3) is 16.9 Å². The first-order valence-electron chi connectivity index (χ1n) is 14.6. The first kappa shape index (κ1) is 31.3. The summed E-state index contributed by atoms with van der Waals surface area (Å²) in [6.07, 6.45) is 0. The summed E-state index contributed by atoms with van der Waals surface area (Å²) >= 11 is 0. The molecular formula is C35H45N3O3Si. The van der Waals surface area contributed by atoms with Gasteiger partial charge in [0.25, 0.3) is 14.2 Å². The molecule has 222 valence electrons. The molecule has 0 aromatic heterocycles. The van der Waals surface area contributed by atoms with Gasteiger partial charge < -0.3 is 14.6 Å². The quantitative estimate of drug-likeness (QED) is 0.304. The van der Waals surface area contributed by atoms with Crippen molar-refractivity contribution in [3.05, 3.63) is 82.9 Å². The Morgan fingerprint density at radius 3 is 1.95 bits per heavy atom. The van der Waals surface area contributed by atoms with Crippen molar-refractivity contribution in [2.24, 2.45) is 0 Å². The van der Waals surface area contributed by atoms with Gasteiger partial charge in [0, 0.05) is 22.2 Å². The number of nitriles is 1. The van der Waals surface area contributed by atoms with Gasteiger partial charge in [-0.1, -0.05) is 81.4 Å². The second-order valence-electron chi connectivity index (χ2n) is 14.6. The molecule has 6 nitrogen and oxygen atoms in total. The van der Waals surface area contributed by atoms with E-state index in [0.29, 0.717) is 22.6 Å². The van der Waals surface area contributed by atoms with Crippen LogP contribution in [0.5, 0.6) is 5.75 Å². The average Bonchev–Trinajstić information content (AvgIpc) is 3.27. The fourth-order valence-corrected chi connectivity index (χ4v) is 5.96. The summed E-state index contributed by atoms with van der Waals surface area (Å²) in [5.74, 6) is 0.853. The van der Waals surface area contributed by atoms with Crippen LogP contribution in [-0.4, -0.2) is 30.4 Å². The highest BCUT2D eigenvalue weighted by Crippen LogP contribution is 2.55. The zero-order valence-electron chi connectivity index (χ0n) is 27.0. The van der Waals surface area contributed by atoms with Crippen molar-refractivity contribution in [1.82, 2.24) is 10.4 Å². The average molecular weight is 584 g/mol. The van der Waals surface area contributed by atoms with Gasteiger partial charge in [-0.15, -0.1) is 5.06 Å². The van der Waals surface area contributed by atoms with Crippen molar-refractivity contribution in [1.29, 1.82) is 5.26 Å². The predicted molar refractivity (Wildman–Crippen MR) is 173 cm³/mol. The van der Waals surface area contributed by atoms with Crippen molar-refractivity contribution in [3.8, 4) is 22.9 Å². The molecule has 1 amide bonds. The summed E-state index contributed by atoms with van der Waals surface area (Å²) in [6.45, 7) is 23.0. The first-order valence-corrected chi connectivity index (χ1v) is 17.5. The highest BCUT2D eigenvalue weighted by molar-refractivity contribution is 6.74. The number of carbonyl (C=O) groups is 1. The van der Waals surface area contributed by atoms with Crippen LogP contribution in [-0.2, 0) is 4.84 Å². The molecule has 0 fully saturated rings. The number of nitrogens with one attached hydrogen (secondary N) is 1. The van der Waals surface area contributed by atoms with E-state index in [-0.39, 0.29) is 10.9 Å². The Balaban J connectivity index is 2.14. The van der Waals surface area contributed by atoms with Gasteiger partial charge in [-0.3, -0.25) is 4.79 Å². The van der Waals surface area contributed by atoms with Gasteiger partial charge in [-0.2, -0.15) is 5.26 Å². The maximum atomic E-state index is 14.2. The third kappa shape index (κ3) is 5.97. The van der Waals surface area contributed by atoms with E-state index < -0.39 is 25.4 Å². The highest BCUT2D eigenvalue weighted by atomic mass is 28.4. The number of benzene rings is 1. The summed E-state index contributed by atoms with van der Waals surface area (Å²) in [5.41, 5.74) is 3.27. The minimum atomic E-state index is -2.47. The first-order chi connectivity index (χ1) is 19.4. The van der Waals surface area contributed by atoms with E-state index >= 15 is 0 Å². The smallest absolute Gasteiger partial charge is 0.256 e. The number of nitrogens with zero attached hydrogens (tertiary/aromatic N) is 2. The van der Waals surface area contributed by atoms with E-state index in [1.807, 2.05) is 86.5 Å². The molecule has 1 N–H and O–H groups in total. The minimum Gasteiger partial charge on any atom is -0.543 e. The van der Waals surface area contributed by atoms with Gasteiger partial charge >= 0.3 is 0 Å². The third-order valence-electron chi connectivity index (χ3n) is 7.98. The number of hydrogen-bond acceptors (Lipinski definition) is 5. The van der Waals surface area contributed by atoms with Gasteiger partial charge in [0.2, 0.25) is 0 Å². The van der Waals surface area contributed by atoms with Crippen LogP contribution in [0.1, 0.15) is 89.8 Å². The molecule has 2 aliphatic carbocycles. The fraction of sp³-hybridized carbons (Fsp3) is 0.429. The zero-order chi connectivity index (χ0) is 31.3. The molecule has 0 saturated heterocycles. The summed E-state index contributed by atoms with van der Waals surface area (Å²) in [7, 11) is -2.47.